The summed E-state index contributed by atoms with van der Waals surface area (Å²) in [5.41, 5.74) is -5.01. The molecule has 17 heteroatoms. The van der Waals surface area contributed by atoms with E-state index in [1.54, 1.807) is 98.4 Å². The zero-order chi connectivity index (χ0) is 46.4. The van der Waals surface area contributed by atoms with Crippen LogP contribution < -0.4 is 15.9 Å². The number of anilines is 1. The molecule has 2 aliphatic heterocycles. The van der Waals surface area contributed by atoms with E-state index in [1.807, 2.05) is 27.7 Å². The van der Waals surface area contributed by atoms with Crippen LogP contribution in [0.2, 0.25) is 0 Å². The lowest BCUT2D eigenvalue weighted by Crippen LogP contribution is -2.47. The molecule has 0 aliphatic carbocycles. The summed E-state index contributed by atoms with van der Waals surface area (Å²) >= 11 is 0. The predicted molar refractivity (Wildman–Crippen MR) is 238 cm³/mol. The van der Waals surface area contributed by atoms with Gasteiger partial charge in [0.25, 0.3) is 5.56 Å². The predicted octanol–water partition coefficient (Wildman–Crippen LogP) is 9.47. The third-order valence-electron chi connectivity index (χ3n) is 11.1. The zero-order valence-corrected chi connectivity index (χ0v) is 38.6. The maximum Gasteiger partial charge on any atom is 0.496 e. The van der Waals surface area contributed by atoms with Crippen molar-refractivity contribution in [3.05, 3.63) is 58.4 Å². The van der Waals surface area contributed by atoms with Gasteiger partial charge in [0.1, 0.15) is 34.2 Å². The topological polar surface area (TPSA) is 163 Å². The molecular formula is C46H57BFN5O10. The number of hydrogen-bond acceptors (Lipinski definition) is 12. The first-order valence-corrected chi connectivity index (χ1v) is 21.2. The third kappa shape index (κ3) is 8.79. The molecule has 2 aliphatic rings. The Morgan fingerprint density at radius 1 is 0.841 bits per heavy atom. The molecule has 3 aromatic heterocycles. The lowest BCUT2D eigenvalue weighted by atomic mass is 9.79. The Balaban J connectivity index is 1.69. The molecule has 1 atom stereocenters. The number of carbonyl (C=O) groups excluding carboxylic acids is 3. The maximum absolute atomic E-state index is 16.0. The monoisotopic (exact) mass is 869 g/mol. The van der Waals surface area contributed by atoms with Gasteiger partial charge in [-0.25, -0.2) is 28.0 Å². The van der Waals surface area contributed by atoms with Crippen molar-refractivity contribution in [2.45, 2.75) is 150 Å². The smallest absolute Gasteiger partial charge is 0.443 e. The number of ether oxygens (including phenoxy) is 4. The van der Waals surface area contributed by atoms with Crippen LogP contribution in [-0.4, -0.2) is 79.3 Å². The number of rotatable bonds is 4. The first-order chi connectivity index (χ1) is 29.1. The van der Waals surface area contributed by atoms with Crippen molar-refractivity contribution in [1.29, 1.82) is 0 Å². The first kappa shape index (κ1) is 45.6. The van der Waals surface area contributed by atoms with Crippen LogP contribution in [0, 0.1) is 12.7 Å². The maximum atomic E-state index is 16.0. The van der Waals surface area contributed by atoms with Gasteiger partial charge in [0.15, 0.2) is 5.82 Å². The van der Waals surface area contributed by atoms with Crippen LogP contribution in [0.5, 0.6) is 0 Å². The highest BCUT2D eigenvalue weighted by Gasteiger charge is 2.52. The van der Waals surface area contributed by atoms with E-state index < -0.39 is 76.7 Å². The van der Waals surface area contributed by atoms with Gasteiger partial charge in [0.05, 0.1) is 22.2 Å². The van der Waals surface area contributed by atoms with Crippen molar-refractivity contribution < 1.29 is 47.0 Å². The molecule has 0 spiro atoms. The summed E-state index contributed by atoms with van der Waals surface area (Å²) in [4.78, 5) is 65.0. The van der Waals surface area contributed by atoms with E-state index >= 15 is 9.18 Å². The molecule has 2 saturated heterocycles. The molecule has 1 unspecified atom stereocenters. The Labute approximate surface area is 366 Å². The molecule has 2 aromatic carbocycles. The van der Waals surface area contributed by atoms with E-state index in [4.69, 9.17) is 33.2 Å². The van der Waals surface area contributed by atoms with E-state index in [1.165, 1.54) is 12.1 Å². The lowest BCUT2D eigenvalue weighted by Gasteiger charge is -2.32. The third-order valence-corrected chi connectivity index (χ3v) is 11.1. The number of fused-ring (bicyclic) bond motifs is 4. The highest BCUT2D eigenvalue weighted by atomic mass is 19.1. The number of pyridine rings is 2. The van der Waals surface area contributed by atoms with E-state index in [2.05, 4.69) is 5.10 Å². The Morgan fingerprint density at radius 2 is 1.44 bits per heavy atom. The van der Waals surface area contributed by atoms with Crippen molar-refractivity contribution in [3.63, 3.8) is 0 Å². The number of benzene rings is 2. The number of hydrogen-bond donors (Lipinski definition) is 0. The fourth-order valence-electron chi connectivity index (χ4n) is 7.68. The van der Waals surface area contributed by atoms with Gasteiger partial charge in [-0.1, -0.05) is 6.07 Å². The fourth-order valence-corrected chi connectivity index (χ4v) is 7.68. The molecule has 0 saturated carbocycles. The van der Waals surface area contributed by atoms with Gasteiger partial charge in [-0.05, 0) is 146 Å². The van der Waals surface area contributed by atoms with Crippen molar-refractivity contribution in [2.24, 2.45) is 0 Å². The second-order valence-electron chi connectivity index (χ2n) is 20.3. The molecule has 0 radical (unpaired) electrons. The average molecular weight is 870 g/mol. The largest absolute Gasteiger partial charge is 0.496 e. The number of aryl methyl sites for hydroxylation is 1. The summed E-state index contributed by atoms with van der Waals surface area (Å²) in [5, 5.41) is 5.37. The van der Waals surface area contributed by atoms with Gasteiger partial charge in [-0.2, -0.15) is 10.00 Å². The molecule has 63 heavy (non-hydrogen) atoms. The van der Waals surface area contributed by atoms with E-state index in [9.17, 15) is 14.4 Å². The molecule has 0 N–H and O–H groups in total. The highest BCUT2D eigenvalue weighted by Crippen LogP contribution is 2.44. The Kier molecular flexibility index (Phi) is 11.4. The number of halogens is 1. The van der Waals surface area contributed by atoms with Crippen LogP contribution in [-0.2, 0) is 28.3 Å². The second-order valence-corrected chi connectivity index (χ2v) is 20.3. The first-order valence-electron chi connectivity index (χ1n) is 21.2. The second kappa shape index (κ2) is 15.7. The molecule has 7 rings (SSSR count). The van der Waals surface area contributed by atoms with Crippen LogP contribution in [0.1, 0.15) is 121 Å². The summed E-state index contributed by atoms with van der Waals surface area (Å²) in [7, 11) is -0.887. The van der Waals surface area contributed by atoms with Gasteiger partial charge < -0.3 is 28.3 Å². The van der Waals surface area contributed by atoms with Gasteiger partial charge in [0, 0.05) is 46.2 Å². The number of nitrogens with zero attached hydrogens (tertiary/aromatic N) is 5. The summed E-state index contributed by atoms with van der Waals surface area (Å²) in [6.07, 6.45) is 1.44. The number of aromatic nitrogens is 4. The van der Waals surface area contributed by atoms with Crippen LogP contribution in [0.15, 0.2) is 41.5 Å². The van der Waals surface area contributed by atoms with Gasteiger partial charge in [-0.3, -0.25) is 9.78 Å². The van der Waals surface area contributed by atoms with E-state index in [0.29, 0.717) is 39.9 Å². The fraction of sp³-hybridized carbons (Fsp3) is 0.522. The lowest BCUT2D eigenvalue weighted by molar-refractivity contribution is -0.0391. The molecule has 5 heterocycles. The molecule has 0 bridgehead atoms. The molecule has 2 fully saturated rings. The molecule has 336 valence electrons. The Morgan fingerprint density at radius 3 is 2.00 bits per heavy atom. The molecule has 15 nitrogen and oxygen atoms in total. The molecule has 5 aromatic rings. The van der Waals surface area contributed by atoms with E-state index in [0.717, 1.165) is 17.4 Å². The Bertz CT molecular complexity index is 2690. The Hall–Kier alpha value is -5.39. The normalized spacial score (nSPS) is 18.0. The standard InChI is InChI=1S/C46H57BFN5O10/c1-25-21-28-33(27-18-19-31(48)35-30(27)24-51(50-35)32-17-15-16-20-58-32)37(53(40(56)60-43(5,6)7)41(57)61-44(8,9)10)38(54)52(39(55)59-42(2,3)4)36(28)29-22-26(23-49-34(25)29)47-62-45(11,12)46(13,14)63-47/h18-19,21-24,32H,15-17,20H2,1-14H3. The van der Waals surface area contributed by atoms with Crippen molar-refractivity contribution in [3.8, 4) is 11.1 Å². The minimum absolute atomic E-state index is 0.0216. The number of carbonyl (C=O) groups is 3. The minimum atomic E-state index is -1.27. The summed E-state index contributed by atoms with van der Waals surface area (Å²) in [6.45, 7) is 24.5. The highest BCUT2D eigenvalue weighted by molar-refractivity contribution is 6.62. The van der Waals surface area contributed by atoms with Gasteiger partial charge in [-0.15, -0.1) is 0 Å². The summed E-state index contributed by atoms with van der Waals surface area (Å²) in [6, 6.07) is 6.08. The molecular weight excluding hydrogens is 812 g/mol. The summed E-state index contributed by atoms with van der Waals surface area (Å²) < 4.78 is 54.7. The van der Waals surface area contributed by atoms with Gasteiger partial charge >= 0.3 is 25.4 Å². The van der Waals surface area contributed by atoms with Crippen LogP contribution in [0.25, 0.3) is 43.8 Å². The van der Waals surface area contributed by atoms with Crippen molar-refractivity contribution >= 4 is 69.3 Å². The number of imide groups is 1. The van der Waals surface area contributed by atoms with Crippen molar-refractivity contribution in [1.82, 2.24) is 19.3 Å². The van der Waals surface area contributed by atoms with Crippen LogP contribution in [0.4, 0.5) is 24.5 Å². The molecule has 2 amide bonds. The van der Waals surface area contributed by atoms with E-state index in [-0.39, 0.29) is 32.9 Å². The quantitative estimate of drug-likeness (QED) is 0.0957. The van der Waals surface area contributed by atoms with Crippen molar-refractivity contribution in [2.75, 3.05) is 11.5 Å². The zero-order valence-electron chi connectivity index (χ0n) is 38.6. The van der Waals surface area contributed by atoms with Gasteiger partial charge in [0.2, 0.25) is 0 Å². The minimum Gasteiger partial charge on any atom is -0.443 e. The van der Waals surface area contributed by atoms with Crippen LogP contribution in [0.3, 0.4) is 0 Å². The number of amides is 2. The van der Waals surface area contributed by atoms with Crippen LogP contribution >= 0.6 is 0 Å². The summed E-state index contributed by atoms with van der Waals surface area (Å²) in [5.74, 6) is -0.662. The SMILES string of the molecule is Cc1cc2c(-c3ccc(F)c4nn(C5CCCCO5)cc34)c(N(C(=O)OC(C)(C)C)C(=O)OC(C)(C)C)c(=O)n(C(=O)OC(C)(C)C)c2c2cc(B3OC(C)(C)C(C)(C)O3)cnc12. The average Bonchev–Trinajstić information content (AvgIpc) is 3.69.